The number of piperazine rings is 1. The average Bonchev–Trinajstić information content (AvgIpc) is 3.59. The Labute approximate surface area is 250 Å². The maximum Gasteiger partial charge on any atom is 0.246 e. The van der Waals surface area contributed by atoms with Crippen LogP contribution in [0.4, 0.5) is 0 Å². The minimum atomic E-state index is -0.908. The quantitative estimate of drug-likeness (QED) is 0.365. The van der Waals surface area contributed by atoms with E-state index in [0.29, 0.717) is 31.2 Å². The summed E-state index contributed by atoms with van der Waals surface area (Å²) in [5.41, 5.74) is 5.38. The van der Waals surface area contributed by atoms with Gasteiger partial charge >= 0.3 is 0 Å². The summed E-state index contributed by atoms with van der Waals surface area (Å²) in [5, 5.41) is 14.5. The Kier molecular flexibility index (Phi) is 8.19. The molecule has 42 heavy (non-hydrogen) atoms. The normalized spacial score (nSPS) is 21.5. The number of ether oxygens (including phenoxy) is 2. The third-order valence-corrected chi connectivity index (χ3v) is 8.71. The van der Waals surface area contributed by atoms with Crippen molar-refractivity contribution in [3.05, 3.63) is 82.2 Å². The fraction of sp³-hybridized carbons (Fsp3) is 0.452. The number of hydrogen-bond donors (Lipinski definition) is 2. The van der Waals surface area contributed by atoms with Gasteiger partial charge in [0.2, 0.25) is 12.3 Å². The summed E-state index contributed by atoms with van der Waals surface area (Å²) in [7, 11) is 3.41. The summed E-state index contributed by atoms with van der Waals surface area (Å²) < 4.78 is 13.0. The van der Waals surface area contributed by atoms with Crippen molar-refractivity contribution < 1.29 is 19.4 Å². The van der Waals surface area contributed by atoms with Gasteiger partial charge in [-0.15, -0.1) is 0 Å². The number of amides is 1. The number of carbonyl (C=O) groups excluding carboxylic acids is 1. The van der Waals surface area contributed by atoms with Gasteiger partial charge in [0.1, 0.15) is 6.61 Å². The molecule has 10 nitrogen and oxygen atoms in total. The first-order chi connectivity index (χ1) is 20.3. The van der Waals surface area contributed by atoms with E-state index in [2.05, 4.69) is 33.4 Å². The van der Waals surface area contributed by atoms with Crippen LogP contribution in [0.3, 0.4) is 0 Å². The maximum atomic E-state index is 12.9. The van der Waals surface area contributed by atoms with Crippen LogP contribution < -0.4 is 5.32 Å². The molecule has 1 aromatic carbocycles. The van der Waals surface area contributed by atoms with Crippen molar-refractivity contribution in [3.8, 4) is 0 Å². The molecule has 0 radical (unpaired) electrons. The number of fused-ring (bicyclic) bond motifs is 2. The lowest BCUT2D eigenvalue weighted by molar-refractivity contribution is -0.229. The largest absolute Gasteiger partial charge is 0.375 e. The second kappa shape index (κ2) is 11.9. The molecule has 3 unspecified atom stereocenters. The molecule has 2 aliphatic carbocycles. The standard InChI is InChI=1S/C31H37ClN6O4/c1-31(8-9-31)42-30(40)38-13-11-37(12-14-38)29-22-7-6-21(32)16-23(22)24(15-20-5-4-10-34-27(20)29)28(35-26(39)18-41-3)25-17-33-19-36(25)2/h4-7,10,15-17,19,28-30,40H,8-9,11-14,18H2,1-3H3,(H,35,39). The van der Waals surface area contributed by atoms with Gasteiger partial charge in [-0.2, -0.15) is 0 Å². The number of aliphatic hydroxyl groups is 1. The molecule has 3 atom stereocenters. The van der Waals surface area contributed by atoms with Crippen molar-refractivity contribution in [2.45, 2.75) is 43.9 Å². The van der Waals surface area contributed by atoms with Crippen molar-refractivity contribution >= 4 is 29.2 Å². The molecule has 11 heteroatoms. The SMILES string of the molecule is COCC(=O)NC(C1=Cc2cccnc2C(N2CCN(C(O)OC3(C)CC3)CC2)c2ccc(Cl)cc21)c1cncn1C. The lowest BCUT2D eigenvalue weighted by atomic mass is 9.89. The molecule has 1 amide bonds. The van der Waals surface area contributed by atoms with Crippen LogP contribution in [0.15, 0.2) is 49.1 Å². The van der Waals surface area contributed by atoms with Gasteiger partial charge < -0.3 is 24.5 Å². The molecule has 3 aliphatic rings. The van der Waals surface area contributed by atoms with Crippen molar-refractivity contribution in [1.82, 2.24) is 29.7 Å². The molecule has 2 fully saturated rings. The third-order valence-electron chi connectivity index (χ3n) is 8.47. The zero-order valence-electron chi connectivity index (χ0n) is 24.2. The summed E-state index contributed by atoms with van der Waals surface area (Å²) in [6.45, 7) is 4.72. The minimum Gasteiger partial charge on any atom is -0.375 e. The zero-order valence-corrected chi connectivity index (χ0v) is 24.9. The minimum absolute atomic E-state index is 0.0657. The first-order valence-corrected chi connectivity index (χ1v) is 14.7. The molecule has 6 rings (SSSR count). The average molecular weight is 593 g/mol. The number of benzene rings is 1. The monoisotopic (exact) mass is 592 g/mol. The number of methoxy groups -OCH3 is 1. The van der Waals surface area contributed by atoms with Crippen molar-refractivity contribution in [2.75, 3.05) is 39.9 Å². The lowest BCUT2D eigenvalue weighted by Crippen LogP contribution is -2.52. The predicted octanol–water partition coefficient (Wildman–Crippen LogP) is 3.38. The van der Waals surface area contributed by atoms with E-state index in [9.17, 15) is 9.90 Å². The predicted molar refractivity (Wildman–Crippen MR) is 159 cm³/mol. The summed E-state index contributed by atoms with van der Waals surface area (Å²) in [6, 6.07) is 9.25. The number of rotatable bonds is 9. The highest BCUT2D eigenvalue weighted by atomic mass is 35.5. The highest BCUT2D eigenvalue weighted by molar-refractivity contribution is 6.30. The Morgan fingerprint density at radius 3 is 2.71 bits per heavy atom. The van der Waals surface area contributed by atoms with Crippen LogP contribution in [0.1, 0.15) is 59.9 Å². The van der Waals surface area contributed by atoms with Gasteiger partial charge in [0.05, 0.1) is 41.6 Å². The number of nitrogens with one attached hydrogen (secondary N) is 1. The summed E-state index contributed by atoms with van der Waals surface area (Å²) in [6.07, 6.45) is 8.47. The molecule has 0 bridgehead atoms. The Hall–Kier alpha value is -3.12. The maximum absolute atomic E-state index is 12.9. The van der Waals surface area contributed by atoms with Gasteiger partial charge in [-0.1, -0.05) is 23.7 Å². The van der Waals surface area contributed by atoms with E-state index >= 15 is 0 Å². The van der Waals surface area contributed by atoms with Crippen LogP contribution in [0.2, 0.25) is 5.02 Å². The van der Waals surface area contributed by atoms with Gasteiger partial charge in [0.15, 0.2) is 0 Å². The van der Waals surface area contributed by atoms with Crippen LogP contribution in [-0.4, -0.2) is 87.3 Å². The van der Waals surface area contributed by atoms with Crippen molar-refractivity contribution in [1.29, 1.82) is 0 Å². The van der Waals surface area contributed by atoms with Crippen molar-refractivity contribution in [3.63, 3.8) is 0 Å². The zero-order chi connectivity index (χ0) is 29.4. The van der Waals surface area contributed by atoms with E-state index in [1.54, 1.807) is 12.5 Å². The van der Waals surface area contributed by atoms with Crippen LogP contribution in [0.5, 0.6) is 0 Å². The molecule has 2 N–H and O–H groups in total. The summed E-state index contributed by atoms with van der Waals surface area (Å²) >= 11 is 6.64. The number of aryl methyl sites for hydroxylation is 1. The van der Waals surface area contributed by atoms with Gasteiger partial charge in [0.25, 0.3) is 0 Å². The molecular formula is C31H37ClN6O4. The Bertz CT molecular complexity index is 1480. The Morgan fingerprint density at radius 1 is 1.24 bits per heavy atom. The molecule has 1 aliphatic heterocycles. The van der Waals surface area contributed by atoms with Crippen LogP contribution in [0, 0.1) is 0 Å². The highest BCUT2D eigenvalue weighted by Gasteiger charge is 2.42. The number of nitrogens with zero attached hydrogens (tertiary/aromatic N) is 5. The molecule has 3 heterocycles. The Balaban J connectivity index is 1.39. The number of imidazole rings is 1. The van der Waals surface area contributed by atoms with Crippen LogP contribution in [-0.2, 0) is 21.3 Å². The lowest BCUT2D eigenvalue weighted by Gasteiger charge is -2.41. The smallest absolute Gasteiger partial charge is 0.246 e. The molecule has 2 aromatic heterocycles. The molecule has 3 aromatic rings. The van der Waals surface area contributed by atoms with E-state index in [1.165, 1.54) is 7.11 Å². The van der Waals surface area contributed by atoms with Gasteiger partial charge in [-0.3, -0.25) is 19.6 Å². The first-order valence-electron chi connectivity index (χ1n) is 14.3. The topological polar surface area (TPSA) is 105 Å². The third kappa shape index (κ3) is 5.88. The molecular weight excluding hydrogens is 556 g/mol. The summed E-state index contributed by atoms with van der Waals surface area (Å²) in [4.78, 5) is 26.6. The van der Waals surface area contributed by atoms with E-state index < -0.39 is 12.5 Å². The number of aromatic nitrogens is 3. The number of halogens is 1. The summed E-state index contributed by atoms with van der Waals surface area (Å²) in [5.74, 6) is -0.239. The van der Waals surface area contributed by atoms with E-state index in [4.69, 9.17) is 26.1 Å². The number of carbonyl (C=O) groups is 1. The molecule has 222 valence electrons. The second-order valence-corrected chi connectivity index (χ2v) is 12.0. The van der Waals surface area contributed by atoms with Gasteiger partial charge in [-0.25, -0.2) is 4.98 Å². The number of aliphatic hydroxyl groups excluding tert-OH is 1. The van der Waals surface area contributed by atoms with Crippen molar-refractivity contribution in [2.24, 2.45) is 7.05 Å². The first kappa shape index (κ1) is 29.0. The fourth-order valence-electron chi connectivity index (χ4n) is 5.93. The van der Waals surface area contributed by atoms with Crippen LogP contribution >= 0.6 is 11.6 Å². The van der Waals surface area contributed by atoms with E-state index in [1.807, 2.05) is 47.8 Å². The fourth-order valence-corrected chi connectivity index (χ4v) is 6.10. The van der Waals surface area contributed by atoms with Crippen LogP contribution in [0.25, 0.3) is 11.6 Å². The number of hydrogen-bond acceptors (Lipinski definition) is 8. The number of pyridine rings is 1. The second-order valence-electron chi connectivity index (χ2n) is 11.5. The van der Waals surface area contributed by atoms with E-state index in [-0.39, 0.29) is 24.2 Å². The van der Waals surface area contributed by atoms with Gasteiger partial charge in [-0.05, 0) is 66.3 Å². The van der Waals surface area contributed by atoms with Gasteiger partial charge in [0, 0.05) is 51.6 Å². The molecule has 0 spiro atoms. The van der Waals surface area contributed by atoms with E-state index in [0.717, 1.165) is 46.5 Å². The highest BCUT2D eigenvalue weighted by Crippen LogP contribution is 2.44. The molecule has 1 saturated heterocycles. The molecule has 1 saturated carbocycles. The Morgan fingerprint density at radius 2 is 2.02 bits per heavy atom.